The molecule has 1 aromatic rings. The van der Waals surface area contributed by atoms with Gasteiger partial charge in [0.1, 0.15) is 0 Å². The predicted octanol–water partition coefficient (Wildman–Crippen LogP) is 2.37. The smallest absolute Gasteiger partial charge is 0.0715 e. The summed E-state index contributed by atoms with van der Waals surface area (Å²) in [5.74, 6) is 0. The lowest BCUT2D eigenvalue weighted by molar-refractivity contribution is 0.0762. The van der Waals surface area contributed by atoms with E-state index in [1.165, 1.54) is 5.56 Å². The normalized spacial score (nSPS) is 13.8. The fraction of sp³-hybridized carbons (Fsp3) is 0.571. The van der Waals surface area contributed by atoms with Crippen LogP contribution in [0.2, 0.25) is 0 Å². The largest absolute Gasteiger partial charge is 0.389 e. The minimum Gasteiger partial charge on any atom is -0.389 e. The highest BCUT2D eigenvalue weighted by Crippen LogP contribution is 2.07. The summed E-state index contributed by atoms with van der Waals surface area (Å²) < 4.78 is 0. The van der Waals surface area contributed by atoms with Crippen LogP contribution in [-0.4, -0.2) is 23.3 Å². The monoisotopic (exact) mass is 221 g/mol. The van der Waals surface area contributed by atoms with E-state index in [1.807, 2.05) is 19.9 Å². The molecule has 2 heteroatoms. The lowest BCUT2D eigenvalue weighted by Crippen LogP contribution is -2.41. The van der Waals surface area contributed by atoms with E-state index in [1.54, 1.807) is 0 Å². The molecular weight excluding hydrogens is 198 g/mol. The highest BCUT2D eigenvalue weighted by molar-refractivity contribution is 5.15. The van der Waals surface area contributed by atoms with E-state index in [-0.39, 0.29) is 0 Å². The molecule has 90 valence electrons. The van der Waals surface area contributed by atoms with Gasteiger partial charge in [-0.2, -0.15) is 0 Å². The van der Waals surface area contributed by atoms with Gasteiger partial charge in [-0.15, -0.1) is 0 Å². The van der Waals surface area contributed by atoms with E-state index >= 15 is 0 Å². The standard InChI is InChI=1S/C14H23NO/c1-4-13(15-11-14(2,3)16)10-12-8-6-5-7-9-12/h5-9,13,15-16H,4,10-11H2,1-3H3. The van der Waals surface area contributed by atoms with Gasteiger partial charge in [0.05, 0.1) is 5.60 Å². The first-order valence-corrected chi connectivity index (χ1v) is 6.01. The van der Waals surface area contributed by atoms with Crippen LogP contribution in [0.15, 0.2) is 30.3 Å². The minimum absolute atomic E-state index is 0.439. The molecule has 1 unspecified atom stereocenters. The Hall–Kier alpha value is -0.860. The molecule has 0 radical (unpaired) electrons. The maximum Gasteiger partial charge on any atom is 0.0715 e. The lowest BCUT2D eigenvalue weighted by Gasteiger charge is -2.23. The first-order chi connectivity index (χ1) is 7.51. The van der Waals surface area contributed by atoms with Crippen molar-refractivity contribution in [3.63, 3.8) is 0 Å². The van der Waals surface area contributed by atoms with Crippen LogP contribution in [0.4, 0.5) is 0 Å². The van der Waals surface area contributed by atoms with Gasteiger partial charge in [-0.05, 0) is 32.3 Å². The number of benzene rings is 1. The van der Waals surface area contributed by atoms with Crippen LogP contribution in [0.5, 0.6) is 0 Å². The zero-order valence-corrected chi connectivity index (χ0v) is 10.5. The Kier molecular flexibility index (Phi) is 4.97. The molecule has 1 aromatic carbocycles. The van der Waals surface area contributed by atoms with Crippen molar-refractivity contribution in [2.24, 2.45) is 0 Å². The van der Waals surface area contributed by atoms with Crippen LogP contribution in [-0.2, 0) is 6.42 Å². The summed E-state index contributed by atoms with van der Waals surface area (Å²) in [5.41, 5.74) is 0.710. The molecule has 1 rings (SSSR count). The average Bonchev–Trinajstić information content (AvgIpc) is 2.24. The fourth-order valence-electron chi connectivity index (χ4n) is 1.65. The zero-order valence-electron chi connectivity index (χ0n) is 10.5. The predicted molar refractivity (Wildman–Crippen MR) is 68.5 cm³/mol. The molecule has 0 fully saturated rings. The van der Waals surface area contributed by atoms with Crippen LogP contribution in [0.1, 0.15) is 32.8 Å². The van der Waals surface area contributed by atoms with Crippen molar-refractivity contribution < 1.29 is 5.11 Å². The van der Waals surface area contributed by atoms with E-state index < -0.39 is 5.60 Å². The minimum atomic E-state index is -0.635. The van der Waals surface area contributed by atoms with Crippen molar-refractivity contribution in [2.45, 2.75) is 45.3 Å². The van der Waals surface area contributed by atoms with Gasteiger partial charge in [0.2, 0.25) is 0 Å². The molecule has 0 aliphatic heterocycles. The highest BCUT2D eigenvalue weighted by atomic mass is 16.3. The third kappa shape index (κ3) is 5.29. The number of aliphatic hydroxyl groups is 1. The van der Waals surface area contributed by atoms with Gasteiger partial charge in [-0.25, -0.2) is 0 Å². The van der Waals surface area contributed by atoms with E-state index in [2.05, 4.69) is 36.5 Å². The number of rotatable bonds is 6. The Morgan fingerprint density at radius 1 is 1.25 bits per heavy atom. The summed E-state index contributed by atoms with van der Waals surface area (Å²) in [6.45, 7) is 6.47. The van der Waals surface area contributed by atoms with Crippen LogP contribution >= 0.6 is 0 Å². The highest BCUT2D eigenvalue weighted by Gasteiger charge is 2.15. The lowest BCUT2D eigenvalue weighted by atomic mass is 10.0. The maximum atomic E-state index is 9.67. The number of hydrogen-bond acceptors (Lipinski definition) is 2. The molecule has 2 nitrogen and oxygen atoms in total. The topological polar surface area (TPSA) is 32.3 Å². The Labute approximate surface area is 98.7 Å². The molecule has 16 heavy (non-hydrogen) atoms. The second kappa shape index (κ2) is 6.02. The molecule has 0 aliphatic carbocycles. The van der Waals surface area contributed by atoms with Gasteiger partial charge in [0, 0.05) is 12.6 Å². The van der Waals surface area contributed by atoms with E-state index in [4.69, 9.17) is 0 Å². The van der Waals surface area contributed by atoms with E-state index in [9.17, 15) is 5.11 Å². The third-order valence-electron chi connectivity index (χ3n) is 2.64. The molecule has 2 N–H and O–H groups in total. The second-order valence-electron chi connectivity index (χ2n) is 4.99. The van der Waals surface area contributed by atoms with Crippen molar-refractivity contribution in [2.75, 3.05) is 6.54 Å². The van der Waals surface area contributed by atoms with Gasteiger partial charge in [-0.3, -0.25) is 0 Å². The van der Waals surface area contributed by atoms with Gasteiger partial charge < -0.3 is 10.4 Å². The molecule has 0 aromatic heterocycles. The Balaban J connectivity index is 2.44. The van der Waals surface area contributed by atoms with E-state index in [0.717, 1.165) is 12.8 Å². The molecule has 0 spiro atoms. The molecule has 0 amide bonds. The Bertz CT molecular complexity index is 289. The van der Waals surface area contributed by atoms with Crippen molar-refractivity contribution in [1.29, 1.82) is 0 Å². The zero-order chi connectivity index (χ0) is 12.0. The second-order valence-corrected chi connectivity index (χ2v) is 4.99. The van der Waals surface area contributed by atoms with Crippen LogP contribution < -0.4 is 5.32 Å². The van der Waals surface area contributed by atoms with Gasteiger partial charge in [0.15, 0.2) is 0 Å². The van der Waals surface area contributed by atoms with Crippen LogP contribution in [0, 0.1) is 0 Å². The summed E-state index contributed by atoms with van der Waals surface area (Å²) in [7, 11) is 0. The molecule has 0 saturated heterocycles. The fourth-order valence-corrected chi connectivity index (χ4v) is 1.65. The third-order valence-corrected chi connectivity index (χ3v) is 2.64. The first-order valence-electron chi connectivity index (χ1n) is 6.01. The van der Waals surface area contributed by atoms with Gasteiger partial charge >= 0.3 is 0 Å². The molecule has 0 saturated carbocycles. The Morgan fingerprint density at radius 2 is 1.88 bits per heavy atom. The summed E-state index contributed by atoms with van der Waals surface area (Å²) in [5, 5.41) is 13.1. The summed E-state index contributed by atoms with van der Waals surface area (Å²) in [4.78, 5) is 0. The molecule has 0 aliphatic rings. The molecule has 0 heterocycles. The summed E-state index contributed by atoms with van der Waals surface area (Å²) in [6, 6.07) is 10.9. The SMILES string of the molecule is CCC(Cc1ccccc1)NCC(C)(C)O. The van der Waals surface area contributed by atoms with Crippen LogP contribution in [0.3, 0.4) is 0 Å². The van der Waals surface area contributed by atoms with Crippen molar-refractivity contribution in [3.8, 4) is 0 Å². The molecule has 0 bridgehead atoms. The van der Waals surface area contributed by atoms with Crippen molar-refractivity contribution in [3.05, 3.63) is 35.9 Å². The number of nitrogens with one attached hydrogen (secondary N) is 1. The average molecular weight is 221 g/mol. The van der Waals surface area contributed by atoms with E-state index in [0.29, 0.717) is 12.6 Å². The quantitative estimate of drug-likeness (QED) is 0.773. The Morgan fingerprint density at radius 3 is 2.38 bits per heavy atom. The van der Waals surface area contributed by atoms with Gasteiger partial charge in [-0.1, -0.05) is 37.3 Å². The summed E-state index contributed by atoms with van der Waals surface area (Å²) >= 11 is 0. The maximum absolute atomic E-state index is 9.67. The first kappa shape index (κ1) is 13.2. The number of hydrogen-bond donors (Lipinski definition) is 2. The van der Waals surface area contributed by atoms with Gasteiger partial charge in [0.25, 0.3) is 0 Å². The van der Waals surface area contributed by atoms with Crippen molar-refractivity contribution >= 4 is 0 Å². The molecular formula is C14H23NO. The summed E-state index contributed by atoms with van der Waals surface area (Å²) in [6.07, 6.45) is 2.10. The van der Waals surface area contributed by atoms with Crippen LogP contribution in [0.25, 0.3) is 0 Å². The molecule has 1 atom stereocenters. The van der Waals surface area contributed by atoms with Crippen molar-refractivity contribution in [1.82, 2.24) is 5.32 Å².